The van der Waals surface area contributed by atoms with E-state index in [0.29, 0.717) is 5.56 Å². The van der Waals surface area contributed by atoms with Gasteiger partial charge in [0.25, 0.3) is 11.8 Å². The second-order valence-electron chi connectivity index (χ2n) is 6.06. The van der Waals surface area contributed by atoms with Gasteiger partial charge < -0.3 is 10.6 Å². The van der Waals surface area contributed by atoms with Gasteiger partial charge in [-0.25, -0.2) is 0 Å². The summed E-state index contributed by atoms with van der Waals surface area (Å²) in [5.74, 6) is -0.559. The first kappa shape index (κ1) is 18.9. The van der Waals surface area contributed by atoms with Gasteiger partial charge in [-0.15, -0.1) is 11.3 Å². The van der Waals surface area contributed by atoms with Crippen molar-refractivity contribution in [3.05, 3.63) is 63.5 Å². The SMILES string of the molecule is CCCC(C)NC(=O)/C(=C/c1cccs1)NC(=O)c1ccc(C)cc1. The number of hydrogen-bond donors (Lipinski definition) is 2. The van der Waals surface area contributed by atoms with E-state index in [-0.39, 0.29) is 23.6 Å². The van der Waals surface area contributed by atoms with Crippen molar-refractivity contribution in [3.63, 3.8) is 0 Å². The van der Waals surface area contributed by atoms with Crippen LogP contribution in [0, 0.1) is 6.92 Å². The molecule has 0 fully saturated rings. The number of nitrogens with one attached hydrogen (secondary N) is 2. The first-order valence-corrected chi connectivity index (χ1v) is 9.31. The Morgan fingerprint density at radius 3 is 2.52 bits per heavy atom. The van der Waals surface area contributed by atoms with Crippen LogP contribution in [0.2, 0.25) is 0 Å². The lowest BCUT2D eigenvalue weighted by Gasteiger charge is -2.15. The Hall–Kier alpha value is -2.40. The predicted molar refractivity (Wildman–Crippen MR) is 103 cm³/mol. The molecule has 1 aromatic carbocycles. The number of amides is 2. The van der Waals surface area contributed by atoms with Crippen LogP contribution < -0.4 is 10.6 Å². The average Bonchev–Trinajstić information content (AvgIpc) is 3.08. The molecule has 0 saturated heterocycles. The topological polar surface area (TPSA) is 58.2 Å². The summed E-state index contributed by atoms with van der Waals surface area (Å²) in [6.45, 7) is 6.00. The smallest absolute Gasteiger partial charge is 0.268 e. The quantitative estimate of drug-likeness (QED) is 0.733. The Kier molecular flexibility index (Phi) is 6.95. The van der Waals surface area contributed by atoms with Crippen molar-refractivity contribution >= 4 is 29.2 Å². The van der Waals surface area contributed by atoms with Gasteiger partial charge in [0, 0.05) is 16.5 Å². The van der Waals surface area contributed by atoms with Crippen LogP contribution in [0.25, 0.3) is 6.08 Å². The van der Waals surface area contributed by atoms with Gasteiger partial charge in [-0.3, -0.25) is 9.59 Å². The van der Waals surface area contributed by atoms with E-state index in [0.717, 1.165) is 23.3 Å². The molecule has 2 rings (SSSR count). The Bertz CT molecular complexity index is 734. The molecule has 4 nitrogen and oxygen atoms in total. The van der Waals surface area contributed by atoms with E-state index in [9.17, 15) is 9.59 Å². The Balaban J connectivity index is 2.18. The third kappa shape index (κ3) is 5.87. The minimum Gasteiger partial charge on any atom is -0.348 e. The lowest BCUT2D eigenvalue weighted by Crippen LogP contribution is -2.39. The van der Waals surface area contributed by atoms with Gasteiger partial charge in [0.05, 0.1) is 0 Å². The molecule has 0 bridgehead atoms. The molecule has 1 atom stereocenters. The summed E-state index contributed by atoms with van der Waals surface area (Å²) in [5, 5.41) is 7.63. The third-order valence-corrected chi connectivity index (χ3v) is 4.55. The van der Waals surface area contributed by atoms with E-state index in [1.54, 1.807) is 18.2 Å². The fourth-order valence-corrected chi connectivity index (χ4v) is 3.04. The molecule has 0 saturated carbocycles. The van der Waals surface area contributed by atoms with Gasteiger partial charge >= 0.3 is 0 Å². The molecule has 25 heavy (non-hydrogen) atoms. The summed E-state index contributed by atoms with van der Waals surface area (Å²) in [4.78, 5) is 26.0. The molecule has 0 aliphatic rings. The van der Waals surface area contributed by atoms with Crippen LogP contribution in [0.15, 0.2) is 47.5 Å². The maximum atomic E-state index is 12.6. The normalized spacial score (nSPS) is 12.5. The van der Waals surface area contributed by atoms with Crippen molar-refractivity contribution in [1.29, 1.82) is 0 Å². The highest BCUT2D eigenvalue weighted by atomic mass is 32.1. The second-order valence-corrected chi connectivity index (χ2v) is 7.04. The van der Waals surface area contributed by atoms with Gasteiger partial charge in [-0.2, -0.15) is 0 Å². The van der Waals surface area contributed by atoms with Crippen molar-refractivity contribution in [2.75, 3.05) is 0 Å². The number of thiophene rings is 1. The van der Waals surface area contributed by atoms with Gasteiger partial charge in [0.15, 0.2) is 0 Å². The molecule has 0 spiro atoms. The number of hydrogen-bond acceptors (Lipinski definition) is 3. The van der Waals surface area contributed by atoms with Crippen LogP contribution in [0.1, 0.15) is 47.5 Å². The monoisotopic (exact) mass is 356 g/mol. The average molecular weight is 356 g/mol. The summed E-state index contributed by atoms with van der Waals surface area (Å²) in [7, 11) is 0. The fraction of sp³-hybridized carbons (Fsp3) is 0.300. The molecule has 2 N–H and O–H groups in total. The summed E-state index contributed by atoms with van der Waals surface area (Å²) in [5.41, 5.74) is 1.87. The Morgan fingerprint density at radius 2 is 1.92 bits per heavy atom. The highest BCUT2D eigenvalue weighted by molar-refractivity contribution is 7.10. The molecule has 1 unspecified atom stereocenters. The van der Waals surface area contributed by atoms with Crippen LogP contribution in [0.5, 0.6) is 0 Å². The van der Waals surface area contributed by atoms with E-state index in [4.69, 9.17) is 0 Å². The lowest BCUT2D eigenvalue weighted by atomic mass is 10.1. The molecule has 2 amide bonds. The van der Waals surface area contributed by atoms with Gasteiger partial charge in [-0.1, -0.05) is 37.1 Å². The van der Waals surface area contributed by atoms with E-state index in [1.165, 1.54) is 11.3 Å². The van der Waals surface area contributed by atoms with Crippen molar-refractivity contribution in [1.82, 2.24) is 10.6 Å². The maximum Gasteiger partial charge on any atom is 0.268 e. The molecule has 5 heteroatoms. The zero-order valence-corrected chi connectivity index (χ0v) is 15.7. The van der Waals surface area contributed by atoms with Crippen molar-refractivity contribution in [2.45, 2.75) is 39.7 Å². The number of aryl methyl sites for hydroxylation is 1. The molecule has 0 radical (unpaired) electrons. The van der Waals surface area contributed by atoms with E-state index in [1.807, 2.05) is 43.5 Å². The van der Waals surface area contributed by atoms with Crippen molar-refractivity contribution in [3.8, 4) is 0 Å². The van der Waals surface area contributed by atoms with Crippen molar-refractivity contribution < 1.29 is 9.59 Å². The second kappa shape index (κ2) is 9.18. The zero-order valence-electron chi connectivity index (χ0n) is 14.8. The highest BCUT2D eigenvalue weighted by Gasteiger charge is 2.16. The summed E-state index contributed by atoms with van der Waals surface area (Å²) < 4.78 is 0. The van der Waals surface area contributed by atoms with Crippen LogP contribution in [0.3, 0.4) is 0 Å². The maximum absolute atomic E-state index is 12.6. The van der Waals surface area contributed by atoms with E-state index in [2.05, 4.69) is 17.6 Å². The molecular weight excluding hydrogens is 332 g/mol. The third-order valence-electron chi connectivity index (χ3n) is 3.74. The highest BCUT2D eigenvalue weighted by Crippen LogP contribution is 2.13. The molecular formula is C20H24N2O2S. The van der Waals surface area contributed by atoms with E-state index < -0.39 is 0 Å². The number of benzene rings is 1. The summed E-state index contributed by atoms with van der Waals surface area (Å²) in [6, 6.07) is 11.1. The fourth-order valence-electron chi connectivity index (χ4n) is 2.38. The largest absolute Gasteiger partial charge is 0.348 e. The molecule has 132 valence electrons. The number of rotatable bonds is 7. The van der Waals surface area contributed by atoms with Crippen LogP contribution in [-0.4, -0.2) is 17.9 Å². The number of carbonyl (C=O) groups is 2. The van der Waals surface area contributed by atoms with Crippen LogP contribution >= 0.6 is 11.3 Å². The minimum atomic E-state index is -0.291. The standard InChI is InChI=1S/C20H24N2O2S/c1-4-6-15(3)21-20(24)18(13-17-7-5-12-25-17)22-19(23)16-10-8-14(2)9-11-16/h5,7-13,15H,4,6H2,1-3H3,(H,21,24)(H,22,23)/b18-13-. The van der Waals surface area contributed by atoms with Crippen molar-refractivity contribution in [2.24, 2.45) is 0 Å². The van der Waals surface area contributed by atoms with Gasteiger partial charge in [0.1, 0.15) is 5.70 Å². The Morgan fingerprint density at radius 1 is 1.20 bits per heavy atom. The Labute approximate surface area is 153 Å². The lowest BCUT2D eigenvalue weighted by molar-refractivity contribution is -0.118. The molecule has 1 heterocycles. The van der Waals surface area contributed by atoms with Gasteiger partial charge in [-0.05, 0) is 49.9 Å². The minimum absolute atomic E-state index is 0.0560. The first-order valence-electron chi connectivity index (χ1n) is 8.43. The van der Waals surface area contributed by atoms with Crippen LogP contribution in [-0.2, 0) is 4.79 Å². The number of carbonyl (C=O) groups excluding carboxylic acids is 2. The molecule has 0 aliphatic carbocycles. The molecule has 2 aromatic rings. The summed E-state index contributed by atoms with van der Waals surface area (Å²) in [6.07, 6.45) is 3.59. The summed E-state index contributed by atoms with van der Waals surface area (Å²) >= 11 is 1.51. The van der Waals surface area contributed by atoms with Crippen LogP contribution in [0.4, 0.5) is 0 Å². The molecule has 1 aromatic heterocycles. The van der Waals surface area contributed by atoms with Gasteiger partial charge in [0.2, 0.25) is 0 Å². The zero-order chi connectivity index (χ0) is 18.2. The van der Waals surface area contributed by atoms with E-state index >= 15 is 0 Å². The predicted octanol–water partition coefficient (Wildman–Crippen LogP) is 4.13. The first-order chi connectivity index (χ1) is 12.0. The molecule has 0 aliphatic heterocycles.